The number of hydrogen-bond acceptors (Lipinski definition) is 2. The van der Waals surface area contributed by atoms with Crippen molar-refractivity contribution >= 4 is 18.0 Å². The second-order valence-corrected chi connectivity index (χ2v) is 6.23. The quantitative estimate of drug-likeness (QED) is 0.727. The monoisotopic (exact) mass is 248 g/mol. The molecule has 2 rings (SSSR count). The topological polar surface area (TPSA) is 17.1 Å². The number of thioether (sulfide) groups is 1. The lowest BCUT2D eigenvalue weighted by Crippen LogP contribution is -2.15. The van der Waals surface area contributed by atoms with Crippen LogP contribution in [0.2, 0.25) is 0 Å². The molecule has 0 bridgehead atoms. The minimum Gasteiger partial charge on any atom is -0.298 e. The van der Waals surface area contributed by atoms with Gasteiger partial charge in [-0.05, 0) is 43.7 Å². The first-order chi connectivity index (χ1) is 8.31. The molecule has 1 aromatic carbocycles. The third-order valence-corrected chi connectivity index (χ3v) is 5.00. The molecule has 0 amide bonds. The molecule has 1 fully saturated rings. The first kappa shape index (κ1) is 12.7. The van der Waals surface area contributed by atoms with Crippen molar-refractivity contribution in [3.8, 4) is 0 Å². The number of benzene rings is 1. The Bertz CT molecular complexity index is 367. The van der Waals surface area contributed by atoms with E-state index in [4.69, 9.17) is 0 Å². The van der Waals surface area contributed by atoms with Gasteiger partial charge in [0.1, 0.15) is 6.29 Å². The van der Waals surface area contributed by atoms with E-state index in [-0.39, 0.29) is 0 Å². The predicted octanol–water partition coefficient (Wildman–Crippen LogP) is 4.56. The minimum absolute atomic E-state index is 0.750. The van der Waals surface area contributed by atoms with Gasteiger partial charge < -0.3 is 0 Å². The maximum atomic E-state index is 10.7. The molecule has 0 aliphatic heterocycles. The molecule has 0 radical (unpaired) electrons. The lowest BCUT2D eigenvalue weighted by molar-refractivity contribution is 0.112. The SMILES string of the molecule is CCC1CCC(Sc2cccc(C=O)c2)CC1. The average molecular weight is 248 g/mol. The highest BCUT2D eigenvalue weighted by Gasteiger charge is 2.20. The minimum atomic E-state index is 0.750. The molecule has 2 heteroatoms. The highest BCUT2D eigenvalue weighted by molar-refractivity contribution is 8.00. The molecular weight excluding hydrogens is 228 g/mol. The highest BCUT2D eigenvalue weighted by atomic mass is 32.2. The zero-order chi connectivity index (χ0) is 12.1. The molecule has 0 N–H and O–H groups in total. The number of hydrogen-bond donors (Lipinski definition) is 0. The second-order valence-electron chi connectivity index (χ2n) is 4.86. The lowest BCUT2D eigenvalue weighted by atomic mass is 9.87. The number of carbonyl (C=O) groups excluding carboxylic acids is 1. The Morgan fingerprint density at radius 3 is 2.71 bits per heavy atom. The zero-order valence-corrected chi connectivity index (χ0v) is 11.2. The molecule has 1 aromatic rings. The van der Waals surface area contributed by atoms with Crippen molar-refractivity contribution in [1.29, 1.82) is 0 Å². The first-order valence-electron chi connectivity index (χ1n) is 6.53. The van der Waals surface area contributed by atoms with Crippen LogP contribution >= 0.6 is 11.8 Å². The van der Waals surface area contributed by atoms with Gasteiger partial charge in [-0.1, -0.05) is 25.5 Å². The summed E-state index contributed by atoms with van der Waals surface area (Å²) >= 11 is 1.95. The molecule has 92 valence electrons. The van der Waals surface area contributed by atoms with Crippen molar-refractivity contribution in [2.45, 2.75) is 49.2 Å². The smallest absolute Gasteiger partial charge is 0.150 e. The predicted molar refractivity (Wildman–Crippen MR) is 73.7 cm³/mol. The van der Waals surface area contributed by atoms with Gasteiger partial charge in [-0.25, -0.2) is 0 Å². The van der Waals surface area contributed by atoms with Gasteiger partial charge in [0.2, 0.25) is 0 Å². The standard InChI is InChI=1S/C15H20OS/c1-2-12-6-8-14(9-7-12)17-15-5-3-4-13(10-15)11-16/h3-5,10-12,14H,2,6-9H2,1H3. The van der Waals surface area contributed by atoms with E-state index in [0.29, 0.717) is 0 Å². The molecule has 0 saturated heterocycles. The van der Waals surface area contributed by atoms with Gasteiger partial charge in [0.15, 0.2) is 0 Å². The fraction of sp³-hybridized carbons (Fsp3) is 0.533. The van der Waals surface area contributed by atoms with Gasteiger partial charge in [-0.3, -0.25) is 4.79 Å². The maximum Gasteiger partial charge on any atom is 0.150 e. The summed E-state index contributed by atoms with van der Waals surface area (Å²) in [5.41, 5.74) is 0.789. The average Bonchev–Trinajstić information content (AvgIpc) is 2.40. The molecule has 1 aliphatic carbocycles. The molecule has 1 aliphatic rings. The van der Waals surface area contributed by atoms with Crippen molar-refractivity contribution in [3.05, 3.63) is 29.8 Å². The van der Waals surface area contributed by atoms with Gasteiger partial charge in [0, 0.05) is 15.7 Å². The Morgan fingerprint density at radius 1 is 1.29 bits per heavy atom. The van der Waals surface area contributed by atoms with Crippen LogP contribution in [-0.4, -0.2) is 11.5 Å². The summed E-state index contributed by atoms with van der Waals surface area (Å²) in [6.07, 6.45) is 7.67. The summed E-state index contributed by atoms with van der Waals surface area (Å²) in [5.74, 6) is 0.952. The Balaban J connectivity index is 1.90. The summed E-state index contributed by atoms with van der Waals surface area (Å²) < 4.78 is 0. The normalized spacial score (nSPS) is 24.5. The van der Waals surface area contributed by atoms with E-state index in [2.05, 4.69) is 13.0 Å². The summed E-state index contributed by atoms with van der Waals surface area (Å²) in [5, 5.41) is 0.750. The van der Waals surface area contributed by atoms with Crippen LogP contribution in [0.4, 0.5) is 0 Å². The number of rotatable bonds is 4. The fourth-order valence-electron chi connectivity index (χ4n) is 2.51. The van der Waals surface area contributed by atoms with Crippen molar-refractivity contribution in [1.82, 2.24) is 0 Å². The summed E-state index contributed by atoms with van der Waals surface area (Å²) in [6.45, 7) is 2.30. The Hall–Kier alpha value is -0.760. The van der Waals surface area contributed by atoms with E-state index < -0.39 is 0 Å². The zero-order valence-electron chi connectivity index (χ0n) is 10.4. The van der Waals surface area contributed by atoms with Crippen LogP contribution in [0, 0.1) is 5.92 Å². The van der Waals surface area contributed by atoms with Crippen LogP contribution in [0.25, 0.3) is 0 Å². The van der Waals surface area contributed by atoms with Crippen LogP contribution in [0.15, 0.2) is 29.2 Å². The highest BCUT2D eigenvalue weighted by Crippen LogP contribution is 2.36. The molecule has 0 heterocycles. The molecule has 0 aromatic heterocycles. The Morgan fingerprint density at radius 2 is 2.06 bits per heavy atom. The molecule has 0 atom stereocenters. The van der Waals surface area contributed by atoms with Crippen molar-refractivity contribution in [2.75, 3.05) is 0 Å². The summed E-state index contributed by atoms with van der Waals surface area (Å²) in [7, 11) is 0. The van der Waals surface area contributed by atoms with E-state index >= 15 is 0 Å². The van der Waals surface area contributed by atoms with Crippen LogP contribution in [0.5, 0.6) is 0 Å². The van der Waals surface area contributed by atoms with E-state index in [1.165, 1.54) is 37.0 Å². The second kappa shape index (κ2) is 6.25. The fourth-order valence-corrected chi connectivity index (χ4v) is 3.77. The largest absolute Gasteiger partial charge is 0.298 e. The third-order valence-electron chi connectivity index (χ3n) is 3.67. The van der Waals surface area contributed by atoms with Crippen LogP contribution < -0.4 is 0 Å². The number of carbonyl (C=O) groups is 1. The first-order valence-corrected chi connectivity index (χ1v) is 7.41. The van der Waals surface area contributed by atoms with E-state index in [0.717, 1.165) is 23.0 Å². The van der Waals surface area contributed by atoms with Crippen LogP contribution in [-0.2, 0) is 0 Å². The maximum absolute atomic E-state index is 10.7. The molecule has 0 unspecified atom stereocenters. The molecule has 1 nitrogen and oxygen atoms in total. The van der Waals surface area contributed by atoms with Gasteiger partial charge in [0.05, 0.1) is 0 Å². The van der Waals surface area contributed by atoms with Gasteiger partial charge in [-0.15, -0.1) is 11.8 Å². The van der Waals surface area contributed by atoms with E-state index in [1.807, 2.05) is 30.0 Å². The van der Waals surface area contributed by atoms with Crippen molar-refractivity contribution < 1.29 is 4.79 Å². The Kier molecular flexibility index (Phi) is 4.66. The van der Waals surface area contributed by atoms with Crippen LogP contribution in [0.3, 0.4) is 0 Å². The van der Waals surface area contributed by atoms with Gasteiger partial charge in [-0.2, -0.15) is 0 Å². The molecule has 1 saturated carbocycles. The van der Waals surface area contributed by atoms with E-state index in [1.54, 1.807) is 0 Å². The molecule has 17 heavy (non-hydrogen) atoms. The lowest BCUT2D eigenvalue weighted by Gasteiger charge is -2.27. The van der Waals surface area contributed by atoms with Gasteiger partial charge in [0.25, 0.3) is 0 Å². The number of aldehydes is 1. The van der Waals surface area contributed by atoms with Crippen LogP contribution in [0.1, 0.15) is 49.4 Å². The van der Waals surface area contributed by atoms with Crippen molar-refractivity contribution in [2.24, 2.45) is 5.92 Å². The Labute approximate surface area is 108 Å². The summed E-state index contributed by atoms with van der Waals surface area (Å²) in [6, 6.07) is 7.96. The van der Waals surface area contributed by atoms with E-state index in [9.17, 15) is 4.79 Å². The van der Waals surface area contributed by atoms with Crippen molar-refractivity contribution in [3.63, 3.8) is 0 Å². The summed E-state index contributed by atoms with van der Waals surface area (Å²) in [4.78, 5) is 12.0. The van der Waals surface area contributed by atoms with Gasteiger partial charge >= 0.3 is 0 Å². The third kappa shape index (κ3) is 3.60. The molecular formula is C15H20OS. The molecule has 0 spiro atoms.